The smallest absolute Gasteiger partial charge is 0.258 e. The number of hydrogen-bond donors (Lipinski definition) is 0. The highest BCUT2D eigenvalue weighted by Gasteiger charge is 2.19. The lowest BCUT2D eigenvalue weighted by atomic mass is 10.1. The highest BCUT2D eigenvalue weighted by Crippen LogP contribution is 2.27. The van der Waals surface area contributed by atoms with Crippen LogP contribution in [0.2, 0.25) is 0 Å². The van der Waals surface area contributed by atoms with Crippen LogP contribution >= 0.6 is 0 Å². The molecule has 0 aromatic heterocycles. The van der Waals surface area contributed by atoms with E-state index in [-0.39, 0.29) is 5.69 Å². The summed E-state index contributed by atoms with van der Waals surface area (Å²) in [6.07, 6.45) is 0. The Bertz CT molecular complexity index is 383. The summed E-state index contributed by atoms with van der Waals surface area (Å²) in [5, 5.41) is 19.0. The Morgan fingerprint density at radius 1 is 1.38 bits per heavy atom. The Kier molecular flexibility index (Phi) is 2.24. The fourth-order valence-electron chi connectivity index (χ4n) is 1.28. The summed E-state index contributed by atoms with van der Waals surface area (Å²) >= 11 is 0. The van der Waals surface area contributed by atoms with Crippen LogP contribution in [0.1, 0.15) is 11.1 Å². The van der Waals surface area contributed by atoms with E-state index in [4.69, 9.17) is 5.39 Å². The van der Waals surface area contributed by atoms with Gasteiger partial charge in [-0.3, -0.25) is 10.1 Å². The summed E-state index contributed by atoms with van der Waals surface area (Å²) < 4.78 is 0. The fraction of sp³-hybridized carbons (Fsp3) is 0.250. The van der Waals surface area contributed by atoms with Crippen molar-refractivity contribution in [1.29, 1.82) is 5.39 Å². The maximum Gasteiger partial charge on any atom is 0.386 e. The molecule has 13 heavy (non-hydrogen) atoms. The standard InChI is InChI=1S/C8H8N3O2/c1-5-3-7(10-9)4-6(2)8(5)11(12)13/h3-4H,1-2H3/q+1. The molecule has 0 fully saturated rings. The number of hydrogen-bond acceptors (Lipinski definition) is 3. The zero-order valence-corrected chi connectivity index (χ0v) is 7.31. The van der Waals surface area contributed by atoms with Gasteiger partial charge in [-0.1, -0.05) is 0 Å². The van der Waals surface area contributed by atoms with Crippen molar-refractivity contribution in [1.82, 2.24) is 0 Å². The lowest BCUT2D eigenvalue weighted by Crippen LogP contribution is -1.94. The largest absolute Gasteiger partial charge is 0.386 e. The highest BCUT2D eigenvalue weighted by atomic mass is 16.6. The van der Waals surface area contributed by atoms with Crippen molar-refractivity contribution in [2.75, 3.05) is 0 Å². The molecule has 0 unspecified atom stereocenters. The molecule has 0 atom stereocenters. The Morgan fingerprint density at radius 3 is 2.15 bits per heavy atom. The first-order valence-electron chi connectivity index (χ1n) is 3.67. The molecule has 0 saturated heterocycles. The molecule has 5 heteroatoms. The van der Waals surface area contributed by atoms with Gasteiger partial charge in [0.15, 0.2) is 4.98 Å². The number of diazo groups is 1. The Morgan fingerprint density at radius 2 is 1.85 bits per heavy atom. The molecule has 5 nitrogen and oxygen atoms in total. The van der Waals surface area contributed by atoms with Crippen molar-refractivity contribution < 1.29 is 4.92 Å². The zero-order valence-electron chi connectivity index (χ0n) is 7.31. The molecular weight excluding hydrogens is 170 g/mol. The van der Waals surface area contributed by atoms with Gasteiger partial charge in [0.05, 0.1) is 4.92 Å². The van der Waals surface area contributed by atoms with Gasteiger partial charge in [-0.2, -0.15) is 0 Å². The van der Waals surface area contributed by atoms with Crippen LogP contribution in [0.15, 0.2) is 12.1 Å². The Labute approximate surface area is 74.8 Å². The van der Waals surface area contributed by atoms with Crippen LogP contribution in [0.5, 0.6) is 0 Å². The van der Waals surface area contributed by atoms with Crippen molar-refractivity contribution in [2.24, 2.45) is 0 Å². The Balaban J connectivity index is 3.42. The SMILES string of the molecule is Cc1cc([N+]#N)cc(C)c1[N+](=O)[O-]. The summed E-state index contributed by atoms with van der Waals surface area (Å²) in [7, 11) is 0. The third-order valence-corrected chi connectivity index (χ3v) is 1.77. The summed E-state index contributed by atoms with van der Waals surface area (Å²) in [6.45, 7) is 3.22. The van der Waals surface area contributed by atoms with Gasteiger partial charge in [-0.15, -0.1) is 0 Å². The molecule has 0 bridgehead atoms. The molecule has 0 aliphatic rings. The number of rotatable bonds is 1. The van der Waals surface area contributed by atoms with E-state index in [1.807, 2.05) is 0 Å². The number of benzene rings is 1. The zero-order chi connectivity index (χ0) is 10.0. The molecule has 0 N–H and O–H groups in total. The van der Waals surface area contributed by atoms with E-state index in [0.717, 1.165) is 0 Å². The monoisotopic (exact) mass is 178 g/mol. The summed E-state index contributed by atoms with van der Waals surface area (Å²) in [5.74, 6) is 0. The van der Waals surface area contributed by atoms with E-state index in [1.54, 1.807) is 13.8 Å². The van der Waals surface area contributed by atoms with Crippen LogP contribution in [0.25, 0.3) is 4.98 Å². The van der Waals surface area contributed by atoms with Gasteiger partial charge < -0.3 is 0 Å². The lowest BCUT2D eigenvalue weighted by Gasteiger charge is -1.97. The van der Waals surface area contributed by atoms with Gasteiger partial charge in [-0.25, -0.2) is 0 Å². The van der Waals surface area contributed by atoms with E-state index < -0.39 is 4.92 Å². The molecule has 0 amide bonds. The molecule has 1 rings (SSSR count). The van der Waals surface area contributed by atoms with Crippen LogP contribution in [0, 0.1) is 29.4 Å². The van der Waals surface area contributed by atoms with E-state index in [2.05, 4.69) is 4.98 Å². The molecule has 0 radical (unpaired) electrons. The molecule has 1 aromatic rings. The Hall–Kier alpha value is -1.96. The molecular formula is C8H8N3O2+. The van der Waals surface area contributed by atoms with E-state index in [0.29, 0.717) is 16.8 Å². The van der Waals surface area contributed by atoms with Gasteiger partial charge >= 0.3 is 5.69 Å². The van der Waals surface area contributed by atoms with E-state index in [1.165, 1.54) is 12.1 Å². The fourth-order valence-corrected chi connectivity index (χ4v) is 1.28. The van der Waals surface area contributed by atoms with Gasteiger partial charge in [0.25, 0.3) is 5.69 Å². The van der Waals surface area contributed by atoms with Crippen LogP contribution in [-0.2, 0) is 0 Å². The van der Waals surface area contributed by atoms with Crippen LogP contribution in [0.3, 0.4) is 0 Å². The second-order valence-electron chi connectivity index (χ2n) is 2.79. The van der Waals surface area contributed by atoms with E-state index in [9.17, 15) is 10.1 Å². The number of nitro groups is 1. The first kappa shape index (κ1) is 9.13. The maximum absolute atomic E-state index is 10.6. The topological polar surface area (TPSA) is 71.3 Å². The number of aryl methyl sites for hydroxylation is 2. The average molecular weight is 178 g/mol. The quantitative estimate of drug-likeness (QED) is 0.377. The minimum Gasteiger partial charge on any atom is -0.258 e. The van der Waals surface area contributed by atoms with Crippen LogP contribution in [-0.4, -0.2) is 4.92 Å². The minimum absolute atomic E-state index is 0.0763. The summed E-state index contributed by atoms with van der Waals surface area (Å²) in [5.41, 5.74) is 1.41. The number of nitro benzene ring substituents is 1. The van der Waals surface area contributed by atoms with Crippen LogP contribution in [0.4, 0.5) is 11.4 Å². The second-order valence-corrected chi connectivity index (χ2v) is 2.79. The molecule has 0 saturated carbocycles. The first-order valence-corrected chi connectivity index (χ1v) is 3.67. The van der Waals surface area contributed by atoms with Gasteiger partial charge in [0, 0.05) is 23.3 Å². The van der Waals surface area contributed by atoms with Gasteiger partial charge in [0.1, 0.15) is 0 Å². The van der Waals surface area contributed by atoms with Crippen LogP contribution < -0.4 is 0 Å². The molecule has 66 valence electrons. The van der Waals surface area contributed by atoms with Crippen molar-refractivity contribution in [3.05, 3.63) is 38.3 Å². The molecule has 0 heterocycles. The normalized spacial score (nSPS) is 9.31. The maximum atomic E-state index is 10.6. The van der Waals surface area contributed by atoms with Crippen molar-refractivity contribution in [3.63, 3.8) is 0 Å². The van der Waals surface area contributed by atoms with Crippen molar-refractivity contribution in [3.8, 4) is 0 Å². The first-order chi connectivity index (χ1) is 6.06. The third kappa shape index (κ3) is 1.62. The van der Waals surface area contributed by atoms with Crippen molar-refractivity contribution in [2.45, 2.75) is 13.8 Å². The number of nitrogens with zero attached hydrogens (tertiary/aromatic N) is 3. The predicted molar refractivity (Wildman–Crippen MR) is 47.3 cm³/mol. The molecule has 0 aliphatic carbocycles. The average Bonchev–Trinajstić information content (AvgIpc) is 2.02. The predicted octanol–water partition coefficient (Wildman–Crippen LogP) is 2.70. The van der Waals surface area contributed by atoms with Gasteiger partial charge in [-0.05, 0) is 13.8 Å². The summed E-state index contributed by atoms with van der Waals surface area (Å²) in [4.78, 5) is 13.1. The van der Waals surface area contributed by atoms with Crippen molar-refractivity contribution >= 4 is 11.4 Å². The minimum atomic E-state index is -0.439. The molecule has 0 aliphatic heterocycles. The summed E-state index contributed by atoms with van der Waals surface area (Å²) in [6, 6.07) is 2.93. The third-order valence-electron chi connectivity index (χ3n) is 1.77. The highest BCUT2D eigenvalue weighted by molar-refractivity contribution is 5.58. The second kappa shape index (κ2) is 3.19. The van der Waals surface area contributed by atoms with E-state index >= 15 is 0 Å². The lowest BCUT2D eigenvalue weighted by molar-refractivity contribution is -0.386. The molecule has 0 spiro atoms. The molecule has 1 aromatic carbocycles. The van der Waals surface area contributed by atoms with Gasteiger partial charge in [0.2, 0.25) is 5.39 Å².